The summed E-state index contributed by atoms with van der Waals surface area (Å²) in [6, 6.07) is 7.92. The van der Waals surface area contributed by atoms with Gasteiger partial charge in [-0.1, -0.05) is 11.6 Å². The topological polar surface area (TPSA) is 23.8 Å². The predicted octanol–water partition coefficient (Wildman–Crippen LogP) is 4.03. The number of fused-ring (bicyclic) bond motifs is 1. The standard InChI is InChI=1S/C9H3ClINS/c10-8-3-6(11)1-5-2-7(4-12)13-9(5)8/h1-3H. The van der Waals surface area contributed by atoms with E-state index in [2.05, 4.69) is 28.7 Å². The summed E-state index contributed by atoms with van der Waals surface area (Å²) >= 11 is 9.68. The van der Waals surface area contributed by atoms with Gasteiger partial charge in [0.15, 0.2) is 0 Å². The van der Waals surface area contributed by atoms with E-state index >= 15 is 0 Å². The van der Waals surface area contributed by atoms with Crippen LogP contribution < -0.4 is 0 Å². The molecule has 1 heterocycles. The second-order valence-electron chi connectivity index (χ2n) is 2.53. The van der Waals surface area contributed by atoms with E-state index in [-0.39, 0.29) is 0 Å². The summed E-state index contributed by atoms with van der Waals surface area (Å²) < 4.78 is 2.09. The van der Waals surface area contributed by atoms with Crippen LogP contribution >= 0.6 is 45.5 Å². The highest BCUT2D eigenvalue weighted by Gasteiger charge is 2.05. The molecule has 1 nitrogen and oxygen atoms in total. The number of halogens is 2. The lowest BCUT2D eigenvalue weighted by Gasteiger charge is -1.93. The third-order valence-electron chi connectivity index (χ3n) is 1.65. The lowest BCUT2D eigenvalue weighted by molar-refractivity contribution is 1.52. The van der Waals surface area contributed by atoms with Crippen molar-refractivity contribution in [2.75, 3.05) is 0 Å². The Balaban J connectivity index is 2.84. The third kappa shape index (κ3) is 1.66. The number of nitriles is 1. The van der Waals surface area contributed by atoms with Crippen LogP contribution in [-0.2, 0) is 0 Å². The van der Waals surface area contributed by atoms with Gasteiger partial charge in [0.05, 0.1) is 9.72 Å². The second-order valence-corrected chi connectivity index (χ2v) is 5.23. The van der Waals surface area contributed by atoms with Gasteiger partial charge in [-0.15, -0.1) is 11.3 Å². The first-order valence-electron chi connectivity index (χ1n) is 3.49. The number of hydrogen-bond acceptors (Lipinski definition) is 2. The molecule has 0 N–H and O–H groups in total. The van der Waals surface area contributed by atoms with Crippen LogP contribution in [0.25, 0.3) is 10.1 Å². The monoisotopic (exact) mass is 319 g/mol. The van der Waals surface area contributed by atoms with E-state index in [1.165, 1.54) is 11.3 Å². The lowest BCUT2D eigenvalue weighted by atomic mass is 10.2. The van der Waals surface area contributed by atoms with Gasteiger partial charge in [0.1, 0.15) is 10.9 Å². The van der Waals surface area contributed by atoms with Crippen LogP contribution in [0, 0.1) is 14.9 Å². The average molecular weight is 320 g/mol. The van der Waals surface area contributed by atoms with Crippen LogP contribution in [0.15, 0.2) is 18.2 Å². The fraction of sp³-hybridized carbons (Fsp3) is 0. The number of hydrogen-bond donors (Lipinski definition) is 0. The summed E-state index contributed by atoms with van der Waals surface area (Å²) in [4.78, 5) is 0.707. The molecule has 0 aliphatic carbocycles. The van der Waals surface area contributed by atoms with Gasteiger partial charge in [0.2, 0.25) is 0 Å². The number of nitrogens with zero attached hydrogens (tertiary/aromatic N) is 1. The molecule has 2 aromatic rings. The molecule has 0 saturated heterocycles. The first-order valence-corrected chi connectivity index (χ1v) is 5.77. The normalized spacial score (nSPS) is 10.2. The smallest absolute Gasteiger partial charge is 0.110 e. The summed E-state index contributed by atoms with van der Waals surface area (Å²) in [5, 5.41) is 10.5. The molecule has 4 heteroatoms. The Labute approximate surface area is 98.1 Å². The van der Waals surface area contributed by atoms with Crippen LogP contribution in [0.2, 0.25) is 5.02 Å². The van der Waals surface area contributed by atoms with Gasteiger partial charge in [-0.3, -0.25) is 0 Å². The predicted molar refractivity (Wildman–Crippen MR) is 64.3 cm³/mol. The van der Waals surface area contributed by atoms with Gasteiger partial charge in [-0.25, -0.2) is 0 Å². The Morgan fingerprint density at radius 3 is 2.85 bits per heavy atom. The van der Waals surface area contributed by atoms with E-state index in [1.54, 1.807) is 0 Å². The van der Waals surface area contributed by atoms with Gasteiger partial charge in [-0.05, 0) is 46.2 Å². The minimum atomic E-state index is 0.707. The molecule has 1 aromatic heterocycles. The minimum absolute atomic E-state index is 0.707. The average Bonchev–Trinajstić information content (AvgIpc) is 2.47. The van der Waals surface area contributed by atoms with Gasteiger partial charge in [0, 0.05) is 3.57 Å². The Bertz CT molecular complexity index is 512. The molecule has 2 rings (SSSR count). The summed E-state index contributed by atoms with van der Waals surface area (Å²) in [6.45, 7) is 0. The van der Waals surface area contributed by atoms with E-state index in [1.807, 2.05) is 18.2 Å². The zero-order valence-electron chi connectivity index (χ0n) is 6.34. The van der Waals surface area contributed by atoms with Crippen LogP contribution in [-0.4, -0.2) is 0 Å². The van der Waals surface area contributed by atoms with Gasteiger partial charge >= 0.3 is 0 Å². The summed E-state index contributed by atoms with van der Waals surface area (Å²) in [6.07, 6.45) is 0. The van der Waals surface area contributed by atoms with Gasteiger partial charge in [0.25, 0.3) is 0 Å². The Kier molecular flexibility index (Phi) is 2.45. The highest BCUT2D eigenvalue weighted by Crippen LogP contribution is 2.33. The third-order valence-corrected chi connectivity index (χ3v) is 3.77. The van der Waals surface area contributed by atoms with E-state index in [0.29, 0.717) is 4.88 Å². The molecule has 0 bridgehead atoms. The molecule has 64 valence electrons. The van der Waals surface area contributed by atoms with Gasteiger partial charge < -0.3 is 0 Å². The number of rotatable bonds is 0. The molecule has 0 spiro atoms. The van der Waals surface area contributed by atoms with E-state index < -0.39 is 0 Å². The molecule has 13 heavy (non-hydrogen) atoms. The van der Waals surface area contributed by atoms with Crippen molar-refractivity contribution >= 4 is 55.6 Å². The quantitative estimate of drug-likeness (QED) is 0.673. The molecule has 0 aliphatic heterocycles. The fourth-order valence-corrected chi connectivity index (χ4v) is 3.15. The zero-order chi connectivity index (χ0) is 9.42. The molecule has 0 atom stereocenters. The maximum Gasteiger partial charge on any atom is 0.110 e. The van der Waals surface area contributed by atoms with Crippen LogP contribution in [0.3, 0.4) is 0 Å². The van der Waals surface area contributed by atoms with Gasteiger partial charge in [-0.2, -0.15) is 5.26 Å². The molecule has 0 saturated carbocycles. The summed E-state index contributed by atoms with van der Waals surface area (Å²) in [7, 11) is 0. The maximum absolute atomic E-state index is 8.71. The highest BCUT2D eigenvalue weighted by atomic mass is 127. The van der Waals surface area contributed by atoms with Crippen molar-refractivity contribution in [3.8, 4) is 6.07 Å². The van der Waals surface area contributed by atoms with Crippen molar-refractivity contribution < 1.29 is 0 Å². The Morgan fingerprint density at radius 1 is 1.38 bits per heavy atom. The van der Waals surface area contributed by atoms with Crippen LogP contribution in [0.4, 0.5) is 0 Å². The SMILES string of the molecule is N#Cc1cc2cc(I)cc(Cl)c2s1. The molecular formula is C9H3ClINS. The maximum atomic E-state index is 8.71. The number of thiophene rings is 1. The van der Waals surface area contributed by atoms with Crippen LogP contribution in [0.5, 0.6) is 0 Å². The zero-order valence-corrected chi connectivity index (χ0v) is 10.1. The van der Waals surface area contributed by atoms with Crippen molar-refractivity contribution in [2.45, 2.75) is 0 Å². The highest BCUT2D eigenvalue weighted by molar-refractivity contribution is 14.1. The van der Waals surface area contributed by atoms with Crippen molar-refractivity contribution in [3.63, 3.8) is 0 Å². The molecule has 0 amide bonds. The lowest BCUT2D eigenvalue weighted by Crippen LogP contribution is -1.70. The first kappa shape index (κ1) is 9.25. The molecule has 1 aromatic carbocycles. The van der Waals surface area contributed by atoms with E-state index in [4.69, 9.17) is 16.9 Å². The first-order chi connectivity index (χ1) is 6.20. The molecule has 0 aliphatic rings. The molecule has 0 unspecified atom stereocenters. The van der Waals surface area contributed by atoms with Crippen molar-refractivity contribution in [1.29, 1.82) is 5.26 Å². The minimum Gasteiger partial charge on any atom is -0.192 e. The Morgan fingerprint density at radius 2 is 2.15 bits per heavy atom. The van der Waals surface area contributed by atoms with Crippen LogP contribution in [0.1, 0.15) is 4.88 Å². The second kappa shape index (κ2) is 3.45. The summed E-state index contributed by atoms with van der Waals surface area (Å²) in [5.41, 5.74) is 0. The van der Waals surface area contributed by atoms with Crippen molar-refractivity contribution in [3.05, 3.63) is 31.7 Å². The number of benzene rings is 1. The fourth-order valence-electron chi connectivity index (χ4n) is 1.13. The summed E-state index contributed by atoms with van der Waals surface area (Å²) in [5.74, 6) is 0. The van der Waals surface area contributed by atoms with E-state index in [0.717, 1.165) is 18.7 Å². The molecular weight excluding hydrogens is 317 g/mol. The van der Waals surface area contributed by atoms with Crippen molar-refractivity contribution in [2.24, 2.45) is 0 Å². The molecule has 0 fully saturated rings. The molecule has 0 radical (unpaired) electrons. The van der Waals surface area contributed by atoms with Crippen molar-refractivity contribution in [1.82, 2.24) is 0 Å². The Hall–Kier alpha value is -0.310. The largest absolute Gasteiger partial charge is 0.192 e. The van der Waals surface area contributed by atoms with E-state index in [9.17, 15) is 0 Å².